The van der Waals surface area contributed by atoms with Gasteiger partial charge in [-0.3, -0.25) is 4.31 Å². The third kappa shape index (κ3) is 2.49. The number of benzene rings is 2. The molecule has 4 rings (SSSR count). The van der Waals surface area contributed by atoms with Gasteiger partial charge in [0.1, 0.15) is 16.5 Å². The lowest BCUT2D eigenvalue weighted by Crippen LogP contribution is -2.37. The molecule has 2 aliphatic rings. The molecule has 0 amide bonds. The monoisotopic (exact) mass is 399 g/mol. The molecule has 0 bridgehead atoms. The van der Waals surface area contributed by atoms with E-state index in [1.165, 1.54) is 11.4 Å². The summed E-state index contributed by atoms with van der Waals surface area (Å²) < 4.78 is 33.5. The van der Waals surface area contributed by atoms with Crippen LogP contribution >= 0.6 is 11.6 Å². The van der Waals surface area contributed by atoms with Crippen molar-refractivity contribution in [2.45, 2.75) is 5.92 Å². The zero-order valence-corrected chi connectivity index (χ0v) is 15.8. The van der Waals surface area contributed by atoms with Crippen LogP contribution in [-0.4, -0.2) is 15.5 Å². The van der Waals surface area contributed by atoms with Crippen LogP contribution < -0.4 is 10.0 Å². The highest BCUT2D eigenvalue weighted by Gasteiger charge is 2.46. The number of rotatable bonds is 1. The molecule has 0 saturated carbocycles. The van der Waals surface area contributed by atoms with Crippen LogP contribution in [0.15, 0.2) is 64.9 Å². The van der Waals surface area contributed by atoms with Gasteiger partial charge in [0, 0.05) is 17.6 Å². The van der Waals surface area contributed by atoms with Gasteiger partial charge in [0.05, 0.1) is 11.6 Å². The van der Waals surface area contributed by atoms with Crippen LogP contribution in [0.3, 0.4) is 0 Å². The molecule has 1 unspecified atom stereocenters. The summed E-state index contributed by atoms with van der Waals surface area (Å²) in [6.07, 6.45) is 0. The van der Waals surface area contributed by atoms with Crippen molar-refractivity contribution in [2.24, 2.45) is 5.73 Å². The Bertz CT molecular complexity index is 1160. The Balaban J connectivity index is 2.07. The van der Waals surface area contributed by atoms with E-state index in [1.807, 2.05) is 6.07 Å². The molecule has 2 aromatic rings. The van der Waals surface area contributed by atoms with Gasteiger partial charge in [-0.25, -0.2) is 8.42 Å². The molecular weight excluding hydrogens is 386 g/mol. The number of hydrogen-bond donors (Lipinski definition) is 1. The second-order valence-electron chi connectivity index (χ2n) is 6.16. The van der Waals surface area contributed by atoms with Crippen LogP contribution in [0.4, 0.5) is 5.69 Å². The van der Waals surface area contributed by atoms with E-state index >= 15 is 0 Å². The third-order valence-electron chi connectivity index (χ3n) is 4.70. The molecule has 2 aromatic carbocycles. The Kier molecular flexibility index (Phi) is 3.91. The molecule has 0 saturated heterocycles. The van der Waals surface area contributed by atoms with Gasteiger partial charge in [0.2, 0.25) is 5.88 Å². The fourth-order valence-electron chi connectivity index (χ4n) is 3.38. The van der Waals surface area contributed by atoms with Crippen molar-refractivity contribution >= 4 is 33.1 Å². The van der Waals surface area contributed by atoms with Crippen LogP contribution in [-0.2, 0) is 14.8 Å². The minimum Gasteiger partial charge on any atom is -0.439 e. The van der Waals surface area contributed by atoms with Gasteiger partial charge in [0.15, 0.2) is 5.76 Å². The van der Waals surface area contributed by atoms with E-state index in [9.17, 15) is 13.7 Å². The summed E-state index contributed by atoms with van der Waals surface area (Å²) in [7, 11) is -2.46. The first-order valence-electron chi connectivity index (χ1n) is 8.02. The SMILES string of the molecule is CN1c2ccccc2C2=C(C(c3ccc(Cl)cc3)C(C#N)=C(N)O2)S1(=O)=O. The smallest absolute Gasteiger partial charge is 0.264 e. The van der Waals surface area contributed by atoms with E-state index in [0.717, 1.165) is 0 Å². The summed E-state index contributed by atoms with van der Waals surface area (Å²) in [4.78, 5) is -0.00299. The molecule has 0 aromatic heterocycles. The number of nitrogens with two attached hydrogens (primary N) is 1. The second kappa shape index (κ2) is 6.05. The fraction of sp³-hybridized carbons (Fsp3) is 0.105. The molecule has 0 spiro atoms. The van der Waals surface area contributed by atoms with Gasteiger partial charge >= 0.3 is 0 Å². The zero-order chi connectivity index (χ0) is 19.3. The number of fused-ring (bicyclic) bond motifs is 2. The van der Waals surface area contributed by atoms with Gasteiger partial charge in [-0.15, -0.1) is 0 Å². The lowest BCUT2D eigenvalue weighted by atomic mass is 9.88. The van der Waals surface area contributed by atoms with Gasteiger partial charge in [0.25, 0.3) is 10.0 Å². The highest BCUT2D eigenvalue weighted by atomic mass is 35.5. The zero-order valence-electron chi connectivity index (χ0n) is 14.2. The number of sulfonamides is 1. The number of nitriles is 1. The van der Waals surface area contributed by atoms with E-state index in [2.05, 4.69) is 0 Å². The predicted molar refractivity (Wildman–Crippen MR) is 103 cm³/mol. The minimum atomic E-state index is -3.94. The van der Waals surface area contributed by atoms with Gasteiger partial charge < -0.3 is 10.5 Å². The lowest BCUT2D eigenvalue weighted by Gasteiger charge is -2.36. The third-order valence-corrected chi connectivity index (χ3v) is 6.85. The minimum absolute atomic E-state index is 0.00299. The van der Waals surface area contributed by atoms with Crippen molar-refractivity contribution in [1.82, 2.24) is 0 Å². The molecule has 2 N–H and O–H groups in total. The van der Waals surface area contributed by atoms with Crippen molar-refractivity contribution < 1.29 is 13.2 Å². The summed E-state index contributed by atoms with van der Waals surface area (Å²) in [6.45, 7) is 0. The van der Waals surface area contributed by atoms with E-state index < -0.39 is 15.9 Å². The quantitative estimate of drug-likeness (QED) is 0.793. The predicted octanol–water partition coefficient (Wildman–Crippen LogP) is 3.30. The van der Waals surface area contributed by atoms with Gasteiger partial charge in [-0.2, -0.15) is 5.26 Å². The maximum absolute atomic E-state index is 13.3. The van der Waals surface area contributed by atoms with Crippen molar-refractivity contribution in [1.29, 1.82) is 5.26 Å². The summed E-state index contributed by atoms with van der Waals surface area (Å²) in [5.74, 6) is -0.831. The first kappa shape index (κ1) is 17.5. The molecule has 136 valence electrons. The van der Waals surface area contributed by atoms with Crippen LogP contribution in [0, 0.1) is 11.3 Å². The number of allylic oxidation sites excluding steroid dienone is 2. The maximum atomic E-state index is 13.3. The number of nitrogens with zero attached hydrogens (tertiary/aromatic N) is 2. The summed E-state index contributed by atoms with van der Waals surface area (Å²) in [6, 6.07) is 15.6. The van der Waals surface area contributed by atoms with Crippen molar-refractivity contribution in [3.63, 3.8) is 0 Å². The number of para-hydroxylation sites is 1. The Labute approximate surface area is 161 Å². The first-order chi connectivity index (χ1) is 12.9. The number of hydrogen-bond acceptors (Lipinski definition) is 5. The van der Waals surface area contributed by atoms with E-state index in [-0.39, 0.29) is 22.1 Å². The number of anilines is 1. The Morgan fingerprint density at radius 3 is 2.52 bits per heavy atom. The molecule has 2 heterocycles. The van der Waals surface area contributed by atoms with Crippen LogP contribution in [0.2, 0.25) is 5.02 Å². The van der Waals surface area contributed by atoms with Gasteiger partial charge in [-0.05, 0) is 29.8 Å². The highest BCUT2D eigenvalue weighted by molar-refractivity contribution is 7.96. The largest absolute Gasteiger partial charge is 0.439 e. The number of halogens is 1. The van der Waals surface area contributed by atoms with Crippen molar-refractivity contribution in [3.8, 4) is 6.07 Å². The maximum Gasteiger partial charge on any atom is 0.264 e. The molecule has 6 nitrogen and oxygen atoms in total. The topological polar surface area (TPSA) is 96.4 Å². The number of ether oxygens (including phenoxy) is 1. The normalized spacial score (nSPS) is 20.5. The average molecular weight is 400 g/mol. The van der Waals surface area contributed by atoms with Crippen LogP contribution in [0.5, 0.6) is 0 Å². The fourth-order valence-corrected chi connectivity index (χ4v) is 5.16. The summed E-state index contributed by atoms with van der Waals surface area (Å²) in [5, 5.41) is 10.1. The highest BCUT2D eigenvalue weighted by Crippen LogP contribution is 2.50. The molecule has 2 aliphatic heterocycles. The second-order valence-corrected chi connectivity index (χ2v) is 8.53. The molecule has 0 fully saturated rings. The lowest BCUT2D eigenvalue weighted by molar-refractivity contribution is 0.357. The Morgan fingerprint density at radius 2 is 1.85 bits per heavy atom. The molecule has 0 radical (unpaired) electrons. The molecule has 27 heavy (non-hydrogen) atoms. The summed E-state index contributed by atoms with van der Waals surface area (Å²) >= 11 is 5.97. The molecule has 8 heteroatoms. The van der Waals surface area contributed by atoms with E-state index in [0.29, 0.717) is 21.8 Å². The van der Waals surface area contributed by atoms with Crippen molar-refractivity contribution in [2.75, 3.05) is 11.4 Å². The Hall–Kier alpha value is -2.95. The van der Waals surface area contributed by atoms with Crippen molar-refractivity contribution in [3.05, 3.63) is 81.0 Å². The summed E-state index contributed by atoms with van der Waals surface area (Å²) in [5.41, 5.74) is 7.72. The molecular formula is C19H14ClN3O3S. The van der Waals surface area contributed by atoms with Crippen LogP contribution in [0.25, 0.3) is 5.76 Å². The van der Waals surface area contributed by atoms with Crippen LogP contribution in [0.1, 0.15) is 17.0 Å². The molecule has 0 aliphatic carbocycles. The average Bonchev–Trinajstić information content (AvgIpc) is 2.66. The molecule has 1 atom stereocenters. The Morgan fingerprint density at radius 1 is 1.19 bits per heavy atom. The van der Waals surface area contributed by atoms with E-state index in [4.69, 9.17) is 22.1 Å². The van der Waals surface area contributed by atoms with Gasteiger partial charge in [-0.1, -0.05) is 35.9 Å². The standard InChI is InChI=1S/C19H14ClN3O3S/c1-23-15-5-3-2-4-13(15)17-18(27(23,24)25)16(14(10-21)19(22)26-17)11-6-8-12(20)9-7-11/h2-9,16H,22H2,1H3. The first-order valence-corrected chi connectivity index (χ1v) is 9.83. The van der Waals surface area contributed by atoms with E-state index in [1.54, 1.807) is 48.5 Å².